The zero-order valence-electron chi connectivity index (χ0n) is 12.7. The maximum absolute atomic E-state index is 12.4. The monoisotopic (exact) mass is 333 g/mol. The predicted molar refractivity (Wildman–Crippen MR) is 82.5 cm³/mol. The lowest BCUT2D eigenvalue weighted by molar-refractivity contribution is -0.147. The molecule has 2 aromatic rings. The van der Waals surface area contributed by atoms with Crippen LogP contribution >= 0.6 is 0 Å². The topological polar surface area (TPSA) is 139 Å². The number of benzene rings is 1. The number of para-hydroxylation sites is 1. The maximum Gasteiger partial charge on any atom is 0.326 e. The first-order valence-corrected chi connectivity index (χ1v) is 7.02. The number of carbonyl (C=O) groups excluding carboxylic acids is 1. The lowest BCUT2D eigenvalue weighted by atomic mass is 10.2. The lowest BCUT2D eigenvalue weighted by Crippen LogP contribution is -2.46. The second-order valence-electron chi connectivity index (χ2n) is 5.15. The molecule has 0 radical (unpaired) electrons. The van der Waals surface area contributed by atoms with Crippen LogP contribution in [0.25, 0.3) is 10.9 Å². The Bertz CT molecular complexity index is 860. The van der Waals surface area contributed by atoms with Crippen molar-refractivity contribution in [2.45, 2.75) is 25.4 Å². The molecule has 0 fully saturated rings. The number of nitrogens with one attached hydrogen (secondary N) is 1. The minimum atomic E-state index is -1.58. The average molecular weight is 333 g/mol. The van der Waals surface area contributed by atoms with Gasteiger partial charge in [0.25, 0.3) is 5.56 Å². The lowest BCUT2D eigenvalue weighted by Gasteiger charge is -2.18. The molecule has 0 bridgehead atoms. The molecule has 2 rings (SSSR count). The fourth-order valence-corrected chi connectivity index (χ4v) is 2.15. The number of fused-ring (bicyclic) bond motifs is 1. The Hall–Kier alpha value is -3.23. The van der Waals surface area contributed by atoms with Crippen molar-refractivity contribution in [3.05, 3.63) is 40.9 Å². The average Bonchev–Trinajstić information content (AvgIpc) is 2.53. The highest BCUT2D eigenvalue weighted by atomic mass is 16.4. The van der Waals surface area contributed by atoms with Gasteiger partial charge in [0.15, 0.2) is 0 Å². The van der Waals surface area contributed by atoms with Crippen LogP contribution in [0.1, 0.15) is 19.4 Å². The molecule has 0 saturated heterocycles. The molecule has 24 heavy (non-hydrogen) atoms. The van der Waals surface area contributed by atoms with E-state index in [0.717, 1.165) is 4.57 Å². The molecule has 1 amide bonds. The van der Waals surface area contributed by atoms with E-state index in [1.165, 1.54) is 13.3 Å². The van der Waals surface area contributed by atoms with Gasteiger partial charge in [-0.15, -0.1) is 0 Å². The molecule has 0 spiro atoms. The van der Waals surface area contributed by atoms with Crippen molar-refractivity contribution in [1.82, 2.24) is 14.9 Å². The minimum absolute atomic E-state index is 0.319. The predicted octanol–water partition coefficient (Wildman–Crippen LogP) is 0.00160. The summed E-state index contributed by atoms with van der Waals surface area (Å²) in [4.78, 5) is 50.3. The van der Waals surface area contributed by atoms with E-state index >= 15 is 0 Å². The molecule has 1 heterocycles. The smallest absolute Gasteiger partial charge is 0.326 e. The number of nitrogens with zero attached hydrogens (tertiary/aromatic N) is 2. The molecule has 9 nitrogen and oxygen atoms in total. The molecule has 2 unspecified atom stereocenters. The highest BCUT2D eigenvalue weighted by molar-refractivity contribution is 5.88. The summed E-state index contributed by atoms with van der Waals surface area (Å²) in [6.07, 6.45) is 0.431. The number of carboxylic acids is 2. The third-order valence-corrected chi connectivity index (χ3v) is 3.48. The summed E-state index contributed by atoms with van der Waals surface area (Å²) in [5.41, 5.74) is 0.0222. The van der Waals surface area contributed by atoms with Gasteiger partial charge in [0.1, 0.15) is 12.1 Å². The van der Waals surface area contributed by atoms with E-state index in [1.807, 2.05) is 0 Å². The number of hydrogen-bond donors (Lipinski definition) is 3. The zero-order valence-corrected chi connectivity index (χ0v) is 12.7. The molecular formula is C15H15N3O6. The van der Waals surface area contributed by atoms with E-state index in [-0.39, 0.29) is 0 Å². The van der Waals surface area contributed by atoms with Gasteiger partial charge in [-0.1, -0.05) is 12.1 Å². The Morgan fingerprint density at radius 1 is 1.25 bits per heavy atom. The van der Waals surface area contributed by atoms with Gasteiger partial charge in [-0.2, -0.15) is 0 Å². The molecule has 0 aliphatic rings. The number of aliphatic carboxylic acids is 2. The normalized spacial score (nSPS) is 13.2. The van der Waals surface area contributed by atoms with Crippen LogP contribution in [0.15, 0.2) is 35.4 Å². The molecule has 126 valence electrons. The summed E-state index contributed by atoms with van der Waals surface area (Å²) in [6.45, 7) is 1.40. The Balaban J connectivity index is 2.27. The molecule has 9 heteroatoms. The number of aromatic nitrogens is 2. The number of hydrogen-bond acceptors (Lipinski definition) is 5. The van der Waals surface area contributed by atoms with Gasteiger partial charge in [-0.05, 0) is 19.1 Å². The fourth-order valence-electron chi connectivity index (χ4n) is 2.15. The van der Waals surface area contributed by atoms with Crippen LogP contribution in [-0.2, 0) is 14.4 Å². The maximum atomic E-state index is 12.4. The molecule has 1 aromatic carbocycles. The first kappa shape index (κ1) is 17.1. The third kappa shape index (κ3) is 3.57. The van der Waals surface area contributed by atoms with Gasteiger partial charge in [0.05, 0.1) is 23.7 Å². The van der Waals surface area contributed by atoms with Gasteiger partial charge in [-0.25, -0.2) is 9.78 Å². The van der Waals surface area contributed by atoms with Crippen molar-refractivity contribution in [3.8, 4) is 0 Å². The third-order valence-electron chi connectivity index (χ3n) is 3.48. The van der Waals surface area contributed by atoms with Gasteiger partial charge < -0.3 is 15.5 Å². The van der Waals surface area contributed by atoms with E-state index in [9.17, 15) is 19.2 Å². The molecule has 3 N–H and O–H groups in total. The number of carboxylic acid groups (broad SMARTS) is 2. The van der Waals surface area contributed by atoms with E-state index in [1.54, 1.807) is 24.3 Å². The van der Waals surface area contributed by atoms with Gasteiger partial charge in [0.2, 0.25) is 5.91 Å². The zero-order chi connectivity index (χ0) is 17.9. The standard InChI is InChI=1S/C15H15N3O6/c1-8(13(21)17-11(15(23)24)6-12(19)20)18-7-16-10-5-3-2-4-9(10)14(18)22/h2-5,7-8,11H,6H2,1H3,(H,17,21)(H,19,20)(H,23,24). The molecule has 0 saturated carbocycles. The second kappa shape index (κ2) is 6.90. The summed E-state index contributed by atoms with van der Waals surface area (Å²) in [7, 11) is 0. The first-order valence-electron chi connectivity index (χ1n) is 7.02. The van der Waals surface area contributed by atoms with Crippen LogP contribution < -0.4 is 10.9 Å². The van der Waals surface area contributed by atoms with E-state index in [4.69, 9.17) is 10.2 Å². The number of carbonyl (C=O) groups is 3. The number of rotatable bonds is 6. The van der Waals surface area contributed by atoms with E-state index in [2.05, 4.69) is 10.3 Å². The quantitative estimate of drug-likeness (QED) is 0.676. The molecular weight excluding hydrogens is 318 g/mol. The van der Waals surface area contributed by atoms with Crippen molar-refractivity contribution in [2.24, 2.45) is 0 Å². The van der Waals surface area contributed by atoms with Crippen molar-refractivity contribution in [2.75, 3.05) is 0 Å². The largest absolute Gasteiger partial charge is 0.481 e. The van der Waals surface area contributed by atoms with Crippen LogP contribution in [-0.4, -0.2) is 43.7 Å². The van der Waals surface area contributed by atoms with Gasteiger partial charge in [0, 0.05) is 0 Å². The van der Waals surface area contributed by atoms with Crippen molar-refractivity contribution < 1.29 is 24.6 Å². The molecule has 0 aliphatic heterocycles. The van der Waals surface area contributed by atoms with Crippen molar-refractivity contribution in [3.63, 3.8) is 0 Å². The van der Waals surface area contributed by atoms with Crippen LogP contribution in [0, 0.1) is 0 Å². The summed E-state index contributed by atoms with van der Waals surface area (Å²) < 4.78 is 1.07. The number of amides is 1. The Morgan fingerprint density at radius 3 is 2.54 bits per heavy atom. The van der Waals surface area contributed by atoms with E-state index < -0.39 is 41.9 Å². The van der Waals surface area contributed by atoms with Gasteiger partial charge >= 0.3 is 11.9 Å². The molecule has 2 atom stereocenters. The van der Waals surface area contributed by atoms with E-state index in [0.29, 0.717) is 10.9 Å². The van der Waals surface area contributed by atoms with Crippen LogP contribution in [0.2, 0.25) is 0 Å². The Morgan fingerprint density at radius 2 is 1.92 bits per heavy atom. The first-order chi connectivity index (χ1) is 11.3. The fraction of sp³-hybridized carbons (Fsp3) is 0.267. The Labute approximate surface area is 135 Å². The van der Waals surface area contributed by atoms with Crippen molar-refractivity contribution >= 4 is 28.7 Å². The second-order valence-corrected chi connectivity index (χ2v) is 5.15. The molecule has 1 aromatic heterocycles. The molecule has 0 aliphatic carbocycles. The van der Waals surface area contributed by atoms with Crippen LogP contribution in [0.4, 0.5) is 0 Å². The van der Waals surface area contributed by atoms with Crippen LogP contribution in [0.5, 0.6) is 0 Å². The van der Waals surface area contributed by atoms with Gasteiger partial charge in [-0.3, -0.25) is 19.0 Å². The summed E-state index contributed by atoms with van der Waals surface area (Å²) >= 11 is 0. The van der Waals surface area contributed by atoms with Crippen molar-refractivity contribution in [1.29, 1.82) is 0 Å². The van der Waals surface area contributed by atoms with Crippen LogP contribution in [0.3, 0.4) is 0 Å². The summed E-state index contributed by atoms with van der Waals surface area (Å²) in [5, 5.41) is 20.1. The SMILES string of the molecule is CC(C(=O)NC(CC(=O)O)C(=O)O)n1cnc2ccccc2c1=O. The summed E-state index contributed by atoms with van der Waals surface area (Å²) in [6, 6.07) is 3.97. The highest BCUT2D eigenvalue weighted by Crippen LogP contribution is 2.09. The minimum Gasteiger partial charge on any atom is -0.481 e. The highest BCUT2D eigenvalue weighted by Gasteiger charge is 2.26. The summed E-state index contributed by atoms with van der Waals surface area (Å²) in [5.74, 6) is -3.62. The Kier molecular flexibility index (Phi) is 4.93.